The molecule has 7 nitrogen and oxygen atoms in total. The normalized spacial score (nSPS) is 26.2. The molecule has 5 rings (SSSR count). The minimum Gasteiger partial charge on any atom is -0.497 e. The number of ether oxygens (including phenoxy) is 2. The zero-order chi connectivity index (χ0) is 27.8. The number of methoxy groups -OCH3 is 1. The Morgan fingerprint density at radius 1 is 1.08 bits per heavy atom. The van der Waals surface area contributed by atoms with Gasteiger partial charge in [-0.15, -0.1) is 0 Å². The van der Waals surface area contributed by atoms with Crippen LogP contribution < -0.4 is 4.74 Å². The number of hydrogen-bond acceptors (Lipinski definition) is 6. The number of carbonyl (C=O) groups is 1. The summed E-state index contributed by atoms with van der Waals surface area (Å²) in [5.74, 6) is 1.15. The quantitative estimate of drug-likeness (QED) is 0.400. The predicted octanol–water partition coefficient (Wildman–Crippen LogP) is 4.95. The lowest BCUT2D eigenvalue weighted by atomic mass is 9.70. The summed E-state index contributed by atoms with van der Waals surface area (Å²) >= 11 is 6.17. The SMILES string of the molecule is COc1cccc([C@@H](CN2CCN(S(=O)(=O)C[C@@]34CC[C@@H](CC3=O)C4(C)C)CC2)OCc2cccc(Cl)c2)c1. The number of nitrogens with zero attached hydrogens (tertiary/aromatic N) is 2. The number of piperazine rings is 1. The number of ketones is 1. The van der Waals surface area contributed by atoms with Gasteiger partial charge in [-0.25, -0.2) is 8.42 Å². The standard InChI is InChI=1S/C30H39ClN2O5S/c1-29(2)24-10-11-30(29,28(34)18-24)21-39(35,36)33-14-12-32(13-15-33)19-27(23-7-5-9-26(17-23)37-3)38-20-22-6-4-8-25(31)16-22/h4-9,16-17,24,27H,10-15,18-21H2,1-3H3/t24-,27+,30-/m0/s1. The van der Waals surface area contributed by atoms with E-state index in [1.165, 1.54) is 0 Å². The molecule has 3 fully saturated rings. The monoisotopic (exact) mass is 574 g/mol. The largest absolute Gasteiger partial charge is 0.497 e. The minimum atomic E-state index is -3.55. The zero-order valence-corrected chi connectivity index (χ0v) is 24.6. The van der Waals surface area contributed by atoms with E-state index in [0.717, 1.165) is 23.3 Å². The number of Topliss-reactive ketones (excluding diaryl/α,β-unsaturated/α-hetero) is 1. The molecule has 0 radical (unpaired) electrons. The lowest BCUT2D eigenvalue weighted by Gasteiger charge is -2.40. The Bertz CT molecular complexity index is 1310. The highest BCUT2D eigenvalue weighted by Crippen LogP contribution is 2.64. The summed E-state index contributed by atoms with van der Waals surface area (Å²) < 4.78 is 40.6. The maximum absolute atomic E-state index is 13.6. The smallest absolute Gasteiger partial charge is 0.215 e. The van der Waals surface area contributed by atoms with E-state index in [0.29, 0.717) is 63.1 Å². The summed E-state index contributed by atoms with van der Waals surface area (Å²) in [7, 11) is -1.91. The summed E-state index contributed by atoms with van der Waals surface area (Å²) in [6.07, 6.45) is 1.93. The van der Waals surface area contributed by atoms with Crippen molar-refractivity contribution in [3.05, 3.63) is 64.7 Å². The first-order chi connectivity index (χ1) is 18.5. The first kappa shape index (κ1) is 28.6. The third-order valence-corrected chi connectivity index (χ3v) is 11.8. The van der Waals surface area contributed by atoms with Crippen LogP contribution in [-0.2, 0) is 26.2 Å². The fraction of sp³-hybridized carbons (Fsp3) is 0.567. The topological polar surface area (TPSA) is 76.2 Å². The molecule has 2 bridgehead atoms. The van der Waals surface area contributed by atoms with Crippen LogP contribution in [0.4, 0.5) is 0 Å². The Morgan fingerprint density at radius 3 is 2.46 bits per heavy atom. The van der Waals surface area contributed by atoms with Crippen LogP contribution in [-0.4, -0.2) is 69.0 Å². The summed E-state index contributed by atoms with van der Waals surface area (Å²) in [5, 5.41) is 0.668. The molecule has 2 aromatic rings. The van der Waals surface area contributed by atoms with Crippen molar-refractivity contribution in [2.24, 2.45) is 16.7 Å². The Balaban J connectivity index is 1.24. The third-order valence-electron chi connectivity index (χ3n) is 9.52. The van der Waals surface area contributed by atoms with Crippen LogP contribution in [0.1, 0.15) is 50.3 Å². The van der Waals surface area contributed by atoms with E-state index in [9.17, 15) is 13.2 Å². The molecular formula is C30H39ClN2O5S. The average molecular weight is 575 g/mol. The lowest BCUT2D eigenvalue weighted by Crippen LogP contribution is -2.53. The molecule has 1 saturated heterocycles. The second-order valence-electron chi connectivity index (χ2n) is 11.8. The minimum absolute atomic E-state index is 0.0580. The van der Waals surface area contributed by atoms with E-state index in [4.69, 9.17) is 21.1 Å². The van der Waals surface area contributed by atoms with Gasteiger partial charge in [0.1, 0.15) is 11.5 Å². The molecule has 3 aliphatic rings. The third kappa shape index (κ3) is 5.64. The highest BCUT2D eigenvalue weighted by atomic mass is 35.5. The number of fused-ring (bicyclic) bond motifs is 2. The van der Waals surface area contributed by atoms with E-state index in [2.05, 4.69) is 18.7 Å². The molecule has 2 saturated carbocycles. The summed E-state index contributed by atoms with van der Waals surface area (Å²) in [6.45, 7) is 7.24. The zero-order valence-electron chi connectivity index (χ0n) is 23.1. The molecule has 0 unspecified atom stereocenters. The van der Waals surface area contributed by atoms with Crippen LogP contribution in [0.3, 0.4) is 0 Å². The fourth-order valence-electron chi connectivity index (χ4n) is 6.86. The summed E-state index contributed by atoms with van der Waals surface area (Å²) in [4.78, 5) is 15.2. The number of rotatable bonds is 10. The van der Waals surface area contributed by atoms with Crippen LogP contribution in [0.2, 0.25) is 5.02 Å². The first-order valence-corrected chi connectivity index (χ1v) is 15.8. The highest BCUT2D eigenvalue weighted by molar-refractivity contribution is 7.89. The van der Waals surface area contributed by atoms with Crippen molar-refractivity contribution in [3.63, 3.8) is 0 Å². The van der Waals surface area contributed by atoms with Crippen molar-refractivity contribution in [1.29, 1.82) is 0 Å². The Morgan fingerprint density at radius 2 is 1.82 bits per heavy atom. The highest BCUT2D eigenvalue weighted by Gasteiger charge is 2.65. The van der Waals surface area contributed by atoms with Gasteiger partial charge < -0.3 is 9.47 Å². The first-order valence-electron chi connectivity index (χ1n) is 13.8. The molecule has 39 heavy (non-hydrogen) atoms. The Kier molecular flexibility index (Phi) is 8.15. The molecule has 9 heteroatoms. The van der Waals surface area contributed by atoms with Gasteiger partial charge in [0.2, 0.25) is 10.0 Å². The lowest BCUT2D eigenvalue weighted by molar-refractivity contribution is -0.128. The van der Waals surface area contributed by atoms with Gasteiger partial charge in [-0.1, -0.05) is 49.7 Å². The second kappa shape index (κ2) is 11.1. The van der Waals surface area contributed by atoms with Gasteiger partial charge in [0.25, 0.3) is 0 Å². The second-order valence-corrected chi connectivity index (χ2v) is 14.2. The van der Waals surface area contributed by atoms with Gasteiger partial charge in [-0.2, -0.15) is 4.31 Å². The number of carbonyl (C=O) groups excluding carboxylic acids is 1. The summed E-state index contributed by atoms with van der Waals surface area (Å²) in [5.41, 5.74) is 0.996. The number of hydrogen-bond donors (Lipinski definition) is 0. The van der Waals surface area contributed by atoms with E-state index in [1.807, 2.05) is 48.5 Å². The molecule has 2 aliphatic carbocycles. The van der Waals surface area contributed by atoms with Crippen molar-refractivity contribution < 1.29 is 22.7 Å². The van der Waals surface area contributed by atoms with Crippen molar-refractivity contribution in [2.45, 2.75) is 45.8 Å². The van der Waals surface area contributed by atoms with Crippen LogP contribution in [0, 0.1) is 16.7 Å². The van der Waals surface area contributed by atoms with Gasteiger partial charge in [0, 0.05) is 49.6 Å². The fourth-order valence-corrected chi connectivity index (χ4v) is 9.27. The molecule has 0 aromatic heterocycles. The molecule has 3 atom stereocenters. The molecule has 1 heterocycles. The van der Waals surface area contributed by atoms with Crippen molar-refractivity contribution in [1.82, 2.24) is 9.21 Å². The molecular weight excluding hydrogens is 536 g/mol. The van der Waals surface area contributed by atoms with Crippen molar-refractivity contribution in [2.75, 3.05) is 45.6 Å². The molecule has 212 valence electrons. The van der Waals surface area contributed by atoms with Crippen molar-refractivity contribution >= 4 is 27.4 Å². The van der Waals surface area contributed by atoms with E-state index in [-0.39, 0.29) is 23.1 Å². The number of halogens is 1. The van der Waals surface area contributed by atoms with E-state index < -0.39 is 15.4 Å². The Labute approximate surface area is 237 Å². The molecule has 0 amide bonds. The van der Waals surface area contributed by atoms with Crippen molar-refractivity contribution in [3.8, 4) is 5.75 Å². The Hall–Kier alpha value is -1.97. The van der Waals surface area contributed by atoms with Gasteiger partial charge in [0.05, 0.1) is 25.6 Å². The van der Waals surface area contributed by atoms with E-state index >= 15 is 0 Å². The number of benzene rings is 2. The van der Waals surface area contributed by atoms with E-state index in [1.54, 1.807) is 11.4 Å². The van der Waals surface area contributed by atoms with Gasteiger partial charge >= 0.3 is 0 Å². The van der Waals surface area contributed by atoms with Crippen LogP contribution in [0.15, 0.2) is 48.5 Å². The summed E-state index contributed by atoms with van der Waals surface area (Å²) in [6, 6.07) is 15.5. The predicted molar refractivity (Wildman–Crippen MR) is 152 cm³/mol. The van der Waals surface area contributed by atoms with Crippen LogP contribution >= 0.6 is 11.6 Å². The molecule has 2 aromatic carbocycles. The average Bonchev–Trinajstić information content (AvgIpc) is 3.25. The molecule has 1 aliphatic heterocycles. The number of sulfonamides is 1. The maximum Gasteiger partial charge on any atom is 0.215 e. The van der Waals surface area contributed by atoms with Gasteiger partial charge in [-0.05, 0) is 59.6 Å². The van der Waals surface area contributed by atoms with Gasteiger partial charge in [-0.3, -0.25) is 9.69 Å². The molecule has 0 N–H and O–H groups in total. The maximum atomic E-state index is 13.6. The molecule has 0 spiro atoms. The van der Waals surface area contributed by atoms with Crippen LogP contribution in [0.5, 0.6) is 5.75 Å². The van der Waals surface area contributed by atoms with Gasteiger partial charge in [0.15, 0.2) is 0 Å². The van der Waals surface area contributed by atoms with Crippen LogP contribution in [0.25, 0.3) is 0 Å².